The molecule has 12 heteroatoms. The molecule has 0 radical (unpaired) electrons. The van der Waals surface area contributed by atoms with Gasteiger partial charge < -0.3 is 10.1 Å². The molecule has 8 nitrogen and oxygen atoms in total. The predicted molar refractivity (Wildman–Crippen MR) is 126 cm³/mol. The van der Waals surface area contributed by atoms with Crippen LogP contribution in [0.25, 0.3) is 5.69 Å². The number of rotatable bonds is 6. The summed E-state index contributed by atoms with van der Waals surface area (Å²) < 4.78 is 45.9. The van der Waals surface area contributed by atoms with Gasteiger partial charge in [-0.05, 0) is 55.2 Å². The van der Waals surface area contributed by atoms with Crippen LogP contribution in [0.1, 0.15) is 40.0 Å². The maximum Gasteiger partial charge on any atom is 0.416 e. The average molecular weight is 523 g/mol. The molecule has 0 unspecified atom stereocenters. The number of hydrogen-bond acceptors (Lipinski definition) is 5. The van der Waals surface area contributed by atoms with E-state index in [1.807, 2.05) is 0 Å². The van der Waals surface area contributed by atoms with Crippen molar-refractivity contribution < 1.29 is 22.7 Å². The standard InChI is InChI=1S/C24H22ClF3N4O4/c1-14-4-9-17(11-19(14)25)32-23(35)31(13-15-5-7-16(8-6-15)24(26,27)28)22(34)20(30-32)21(33)29-12-18-3-2-10-36-18/h4-9,11,18H,2-3,10,12-13H2,1H3,(H,29,33)/t18-/m1/s1. The van der Waals surface area contributed by atoms with Crippen molar-refractivity contribution in [3.63, 3.8) is 0 Å². The molecule has 1 aliphatic heterocycles. The number of aromatic nitrogens is 3. The van der Waals surface area contributed by atoms with Crippen molar-refractivity contribution in [3.8, 4) is 5.69 Å². The van der Waals surface area contributed by atoms with Crippen molar-refractivity contribution in [2.24, 2.45) is 0 Å². The van der Waals surface area contributed by atoms with E-state index in [2.05, 4.69) is 10.4 Å². The minimum atomic E-state index is -4.53. The molecule has 0 spiro atoms. The molecule has 190 valence electrons. The second kappa shape index (κ2) is 10.3. The Balaban J connectivity index is 1.76. The highest BCUT2D eigenvalue weighted by molar-refractivity contribution is 6.31. The van der Waals surface area contributed by atoms with Gasteiger partial charge in [-0.1, -0.05) is 29.8 Å². The van der Waals surface area contributed by atoms with E-state index in [1.54, 1.807) is 19.1 Å². The van der Waals surface area contributed by atoms with Crippen molar-refractivity contribution >= 4 is 17.5 Å². The Kier molecular flexibility index (Phi) is 7.32. The van der Waals surface area contributed by atoms with Gasteiger partial charge in [0.25, 0.3) is 11.5 Å². The molecule has 1 N–H and O–H groups in total. The first-order valence-electron chi connectivity index (χ1n) is 11.1. The first-order valence-corrected chi connectivity index (χ1v) is 11.5. The molecule has 3 aromatic rings. The third kappa shape index (κ3) is 5.52. The lowest BCUT2D eigenvalue weighted by Gasteiger charge is -2.14. The van der Waals surface area contributed by atoms with Gasteiger partial charge in [-0.2, -0.15) is 23.0 Å². The second-order valence-corrected chi connectivity index (χ2v) is 8.81. The molecule has 36 heavy (non-hydrogen) atoms. The van der Waals surface area contributed by atoms with Crippen LogP contribution in [0.4, 0.5) is 13.2 Å². The Morgan fingerprint density at radius 2 is 1.92 bits per heavy atom. The molecule has 1 atom stereocenters. The number of nitrogens with one attached hydrogen (secondary N) is 1. The van der Waals surface area contributed by atoms with Crippen molar-refractivity contribution in [2.75, 3.05) is 13.2 Å². The Morgan fingerprint density at radius 3 is 2.53 bits per heavy atom. The molecule has 1 aromatic heterocycles. The smallest absolute Gasteiger partial charge is 0.376 e. The Labute approximate surface area is 208 Å². The maximum atomic E-state index is 13.2. The van der Waals surface area contributed by atoms with E-state index in [9.17, 15) is 27.6 Å². The van der Waals surface area contributed by atoms with Crippen LogP contribution in [0.2, 0.25) is 5.02 Å². The fourth-order valence-electron chi connectivity index (χ4n) is 3.76. The molecule has 0 bridgehead atoms. The van der Waals surface area contributed by atoms with Gasteiger partial charge in [0.05, 0.1) is 23.9 Å². The van der Waals surface area contributed by atoms with Crippen molar-refractivity contribution in [1.29, 1.82) is 0 Å². The first kappa shape index (κ1) is 25.6. The van der Waals surface area contributed by atoms with Gasteiger partial charge in [0.2, 0.25) is 5.69 Å². The largest absolute Gasteiger partial charge is 0.416 e. The highest BCUT2D eigenvalue weighted by Gasteiger charge is 2.30. The van der Waals surface area contributed by atoms with Crippen LogP contribution in [0.5, 0.6) is 0 Å². The predicted octanol–water partition coefficient (Wildman–Crippen LogP) is 3.33. The van der Waals surface area contributed by atoms with Crippen molar-refractivity contribution in [3.05, 3.63) is 90.7 Å². The zero-order valence-electron chi connectivity index (χ0n) is 19.1. The van der Waals surface area contributed by atoms with Gasteiger partial charge in [-0.25, -0.2) is 4.79 Å². The lowest BCUT2D eigenvalue weighted by atomic mass is 10.1. The van der Waals surface area contributed by atoms with Crippen LogP contribution in [0.15, 0.2) is 52.1 Å². The third-order valence-corrected chi connectivity index (χ3v) is 6.22. The number of benzene rings is 2. The minimum absolute atomic E-state index is 0.161. The summed E-state index contributed by atoms with van der Waals surface area (Å²) in [6.07, 6.45) is -3.10. The Hall–Kier alpha value is -3.44. The summed E-state index contributed by atoms with van der Waals surface area (Å²) in [5, 5.41) is 6.97. The van der Waals surface area contributed by atoms with E-state index >= 15 is 0 Å². The zero-order chi connectivity index (χ0) is 26.0. The van der Waals surface area contributed by atoms with E-state index in [1.165, 1.54) is 18.2 Å². The summed E-state index contributed by atoms with van der Waals surface area (Å²) >= 11 is 6.20. The molecule has 0 aliphatic carbocycles. The van der Waals surface area contributed by atoms with Crippen LogP contribution in [-0.2, 0) is 17.5 Å². The summed E-state index contributed by atoms with van der Waals surface area (Å²) in [6.45, 7) is 2.13. The molecule has 1 amide bonds. The molecule has 2 aromatic carbocycles. The van der Waals surface area contributed by atoms with Crippen LogP contribution in [0.3, 0.4) is 0 Å². The molecule has 2 heterocycles. The number of ether oxygens (including phenoxy) is 1. The summed E-state index contributed by atoms with van der Waals surface area (Å²) in [7, 11) is 0. The van der Waals surface area contributed by atoms with E-state index < -0.39 is 34.6 Å². The first-order chi connectivity index (χ1) is 17.0. The fraction of sp³-hybridized carbons (Fsp3) is 0.333. The van der Waals surface area contributed by atoms with Gasteiger partial charge in [0, 0.05) is 18.2 Å². The molecular weight excluding hydrogens is 501 g/mol. The Morgan fingerprint density at radius 1 is 1.19 bits per heavy atom. The topological polar surface area (TPSA) is 95.2 Å². The number of amides is 1. The molecule has 1 aliphatic rings. The van der Waals surface area contributed by atoms with Crippen molar-refractivity contribution in [2.45, 2.75) is 38.6 Å². The lowest BCUT2D eigenvalue weighted by Crippen LogP contribution is -2.46. The summed E-state index contributed by atoms with van der Waals surface area (Å²) in [4.78, 5) is 39.3. The zero-order valence-corrected chi connectivity index (χ0v) is 19.9. The van der Waals surface area contributed by atoms with Gasteiger partial charge >= 0.3 is 11.9 Å². The van der Waals surface area contributed by atoms with Crippen LogP contribution in [-0.4, -0.2) is 39.5 Å². The number of nitrogens with zero attached hydrogens (tertiary/aromatic N) is 3. The second-order valence-electron chi connectivity index (χ2n) is 8.41. The van der Waals surface area contributed by atoms with Gasteiger partial charge in [-0.15, -0.1) is 0 Å². The van der Waals surface area contributed by atoms with Crippen LogP contribution >= 0.6 is 11.6 Å². The van der Waals surface area contributed by atoms with E-state index in [4.69, 9.17) is 16.3 Å². The highest BCUT2D eigenvalue weighted by atomic mass is 35.5. The summed E-state index contributed by atoms with van der Waals surface area (Å²) in [5.41, 5.74) is -2.06. The number of carbonyl (C=O) groups is 1. The quantitative estimate of drug-likeness (QED) is 0.536. The normalized spacial score (nSPS) is 15.8. The number of hydrogen-bond donors (Lipinski definition) is 1. The number of halogens is 4. The SMILES string of the molecule is Cc1ccc(-n2nc(C(=O)NC[C@H]3CCCO3)c(=O)n(Cc3ccc(C(F)(F)F)cc3)c2=O)cc1Cl. The number of alkyl halides is 3. The monoisotopic (exact) mass is 522 g/mol. The van der Waals surface area contributed by atoms with Gasteiger partial charge in [0.1, 0.15) is 0 Å². The summed E-state index contributed by atoms with van der Waals surface area (Å²) in [6, 6.07) is 8.71. The molecule has 4 rings (SSSR count). The number of carbonyl (C=O) groups excluding carboxylic acids is 1. The molecule has 0 saturated carbocycles. The molecule has 1 fully saturated rings. The Bertz CT molecular complexity index is 1390. The van der Waals surface area contributed by atoms with E-state index in [0.29, 0.717) is 11.6 Å². The average Bonchev–Trinajstić information content (AvgIpc) is 3.36. The highest BCUT2D eigenvalue weighted by Crippen LogP contribution is 2.29. The van der Waals surface area contributed by atoms with Crippen LogP contribution < -0.4 is 16.6 Å². The third-order valence-electron chi connectivity index (χ3n) is 5.81. The van der Waals surface area contributed by atoms with Crippen molar-refractivity contribution in [1.82, 2.24) is 19.7 Å². The van der Waals surface area contributed by atoms with E-state index in [0.717, 1.165) is 39.8 Å². The maximum absolute atomic E-state index is 13.2. The summed E-state index contributed by atoms with van der Waals surface area (Å²) in [5.74, 6) is -0.802. The molecular formula is C24H22ClF3N4O4. The number of aryl methyl sites for hydroxylation is 1. The van der Waals surface area contributed by atoms with Crippen LogP contribution in [0, 0.1) is 6.92 Å². The van der Waals surface area contributed by atoms with Gasteiger partial charge in [0.15, 0.2) is 0 Å². The lowest BCUT2D eigenvalue weighted by molar-refractivity contribution is -0.137. The minimum Gasteiger partial charge on any atom is -0.376 e. The fourth-order valence-corrected chi connectivity index (χ4v) is 3.93. The van der Waals surface area contributed by atoms with Gasteiger partial charge in [-0.3, -0.25) is 14.2 Å². The van der Waals surface area contributed by atoms with E-state index in [-0.39, 0.29) is 30.4 Å². The molecule has 1 saturated heterocycles.